The van der Waals surface area contributed by atoms with Crippen LogP contribution in [0.4, 0.5) is 10.1 Å². The highest BCUT2D eigenvalue weighted by molar-refractivity contribution is 5.97. The van der Waals surface area contributed by atoms with Crippen LogP contribution in [0.25, 0.3) is 0 Å². The molecule has 4 nitrogen and oxygen atoms in total. The van der Waals surface area contributed by atoms with Gasteiger partial charge in [0.1, 0.15) is 5.82 Å². The third-order valence-electron chi connectivity index (χ3n) is 4.80. The number of carbonyl (C=O) groups excluding carboxylic acids is 1. The van der Waals surface area contributed by atoms with Gasteiger partial charge in [0.15, 0.2) is 6.10 Å². The molecule has 0 aliphatic heterocycles. The largest absolute Gasteiger partial charge is 0.378 e. The van der Waals surface area contributed by atoms with Gasteiger partial charge in [0.2, 0.25) is 0 Å². The minimum atomic E-state index is -1.26. The van der Waals surface area contributed by atoms with Gasteiger partial charge in [-0.3, -0.25) is 9.78 Å². The lowest BCUT2D eigenvalue weighted by molar-refractivity contribution is -0.126. The Morgan fingerprint density at radius 3 is 2.46 bits per heavy atom. The predicted molar refractivity (Wildman–Crippen MR) is 108 cm³/mol. The normalized spacial score (nSPS) is 11.9. The van der Waals surface area contributed by atoms with Crippen molar-refractivity contribution < 1.29 is 14.3 Å². The Hall–Kier alpha value is -3.05. The number of benzene rings is 2. The van der Waals surface area contributed by atoms with E-state index < -0.39 is 17.8 Å². The van der Waals surface area contributed by atoms with Crippen molar-refractivity contribution in [1.82, 2.24) is 4.98 Å². The number of carbonyl (C=O) groups is 1. The van der Waals surface area contributed by atoms with Crippen molar-refractivity contribution in [2.24, 2.45) is 0 Å². The van der Waals surface area contributed by atoms with E-state index in [-0.39, 0.29) is 0 Å². The van der Waals surface area contributed by atoms with Gasteiger partial charge >= 0.3 is 0 Å². The molecule has 0 aliphatic carbocycles. The average molecular weight is 378 g/mol. The summed E-state index contributed by atoms with van der Waals surface area (Å²) < 4.78 is 13.1. The second-order valence-corrected chi connectivity index (χ2v) is 6.79. The van der Waals surface area contributed by atoms with Crippen molar-refractivity contribution in [2.75, 3.05) is 11.4 Å². The fraction of sp³-hybridized carbons (Fsp3) is 0.217. The van der Waals surface area contributed by atoms with E-state index in [2.05, 4.69) is 4.98 Å². The molecule has 0 saturated carbocycles. The fourth-order valence-electron chi connectivity index (χ4n) is 2.97. The Morgan fingerprint density at radius 1 is 1.07 bits per heavy atom. The summed E-state index contributed by atoms with van der Waals surface area (Å²) in [4.78, 5) is 18.7. The third kappa shape index (κ3) is 4.61. The second kappa shape index (κ2) is 8.76. The molecular weight excluding hydrogens is 355 g/mol. The van der Waals surface area contributed by atoms with Crippen LogP contribution in [0.2, 0.25) is 0 Å². The van der Waals surface area contributed by atoms with E-state index in [1.165, 1.54) is 6.07 Å². The molecule has 0 saturated heterocycles. The number of rotatable bonds is 6. The van der Waals surface area contributed by atoms with Gasteiger partial charge in [-0.1, -0.05) is 36.4 Å². The van der Waals surface area contributed by atoms with Crippen molar-refractivity contribution in [2.45, 2.75) is 26.4 Å². The maximum Gasteiger partial charge on any atom is 0.260 e. The number of halogens is 1. The third-order valence-corrected chi connectivity index (χ3v) is 4.80. The molecule has 0 radical (unpaired) electrons. The highest BCUT2D eigenvalue weighted by Crippen LogP contribution is 2.24. The summed E-state index contributed by atoms with van der Waals surface area (Å²) in [5, 5.41) is 10.6. The summed E-state index contributed by atoms with van der Waals surface area (Å²) in [5.41, 5.74) is 4.12. The van der Waals surface area contributed by atoms with Crippen LogP contribution in [0.3, 0.4) is 0 Å². The van der Waals surface area contributed by atoms with Crippen LogP contribution < -0.4 is 4.90 Å². The number of hydrogen-bond donors (Lipinski definition) is 1. The molecule has 0 bridgehead atoms. The summed E-state index contributed by atoms with van der Waals surface area (Å²) >= 11 is 0. The molecule has 1 N–H and O–H groups in total. The predicted octanol–water partition coefficient (Wildman–Crippen LogP) is 4.15. The van der Waals surface area contributed by atoms with Crippen molar-refractivity contribution in [3.8, 4) is 0 Å². The molecule has 1 unspecified atom stereocenters. The summed E-state index contributed by atoms with van der Waals surface area (Å²) in [7, 11) is 0. The van der Waals surface area contributed by atoms with Gasteiger partial charge in [-0.05, 0) is 54.8 Å². The zero-order valence-corrected chi connectivity index (χ0v) is 16.0. The lowest BCUT2D eigenvalue weighted by atomic mass is 10.1. The molecule has 0 fully saturated rings. The van der Waals surface area contributed by atoms with Crippen molar-refractivity contribution in [3.63, 3.8) is 0 Å². The van der Waals surface area contributed by atoms with Gasteiger partial charge in [-0.15, -0.1) is 0 Å². The SMILES string of the molecule is Cc1ccc(N(CCc2ccc(F)cn2)C(=O)C(O)c2ccccc2)cc1C. The summed E-state index contributed by atoms with van der Waals surface area (Å²) in [6, 6.07) is 17.6. The number of hydrogen-bond acceptors (Lipinski definition) is 3. The molecule has 5 heteroatoms. The van der Waals surface area contributed by atoms with Gasteiger partial charge in [-0.2, -0.15) is 0 Å². The minimum Gasteiger partial charge on any atom is -0.378 e. The molecule has 3 rings (SSSR count). The Morgan fingerprint density at radius 2 is 1.82 bits per heavy atom. The van der Waals surface area contributed by atoms with Crippen LogP contribution in [-0.2, 0) is 11.2 Å². The monoisotopic (exact) mass is 378 g/mol. The first-order valence-corrected chi connectivity index (χ1v) is 9.18. The quantitative estimate of drug-likeness (QED) is 0.701. The Labute approximate surface area is 164 Å². The number of aliphatic hydroxyl groups is 1. The zero-order chi connectivity index (χ0) is 20.1. The molecule has 0 spiro atoms. The van der Waals surface area contributed by atoms with Gasteiger partial charge in [0.25, 0.3) is 5.91 Å². The van der Waals surface area contributed by atoms with Gasteiger partial charge in [-0.25, -0.2) is 4.39 Å². The lowest BCUT2D eigenvalue weighted by Gasteiger charge is -2.26. The smallest absolute Gasteiger partial charge is 0.260 e. The standard InChI is InChI=1S/C23H23FN2O2/c1-16-8-11-21(14-17(16)2)26(13-12-20-10-9-19(24)15-25-20)23(28)22(27)18-6-4-3-5-7-18/h3-11,14-15,22,27H,12-13H2,1-2H3. The summed E-state index contributed by atoms with van der Waals surface area (Å²) in [6.45, 7) is 4.31. The Kier molecular flexibility index (Phi) is 6.16. The molecule has 3 aromatic rings. The molecule has 1 atom stereocenters. The van der Waals surface area contributed by atoms with Crippen LogP contribution >= 0.6 is 0 Å². The maximum absolute atomic E-state index is 13.1. The minimum absolute atomic E-state index is 0.323. The van der Waals surface area contributed by atoms with Gasteiger partial charge in [0.05, 0.1) is 6.20 Å². The average Bonchev–Trinajstić information content (AvgIpc) is 2.72. The van der Waals surface area contributed by atoms with Crippen LogP contribution in [0.15, 0.2) is 66.9 Å². The summed E-state index contributed by atoms with van der Waals surface area (Å²) in [5.74, 6) is -0.804. The molecule has 1 heterocycles. The molecule has 0 aliphatic rings. The molecule has 1 amide bonds. The van der Waals surface area contributed by atoms with E-state index in [1.807, 2.05) is 38.1 Å². The van der Waals surface area contributed by atoms with Crippen molar-refractivity contribution in [1.29, 1.82) is 0 Å². The van der Waals surface area contributed by atoms with Crippen LogP contribution in [-0.4, -0.2) is 22.5 Å². The van der Waals surface area contributed by atoms with E-state index in [0.717, 1.165) is 17.3 Å². The Balaban J connectivity index is 1.87. The van der Waals surface area contributed by atoms with Gasteiger partial charge < -0.3 is 10.0 Å². The highest BCUT2D eigenvalue weighted by atomic mass is 19.1. The number of aryl methyl sites for hydroxylation is 2. The van der Waals surface area contributed by atoms with E-state index in [0.29, 0.717) is 29.9 Å². The van der Waals surface area contributed by atoms with E-state index >= 15 is 0 Å². The molecular formula is C23H23FN2O2. The molecule has 144 valence electrons. The lowest BCUT2D eigenvalue weighted by Crippen LogP contribution is -2.37. The maximum atomic E-state index is 13.1. The van der Waals surface area contributed by atoms with Crippen LogP contribution in [0.5, 0.6) is 0 Å². The van der Waals surface area contributed by atoms with Crippen molar-refractivity contribution in [3.05, 3.63) is 95.1 Å². The number of anilines is 1. The Bertz CT molecular complexity index is 943. The molecule has 1 aromatic heterocycles. The highest BCUT2D eigenvalue weighted by Gasteiger charge is 2.25. The van der Waals surface area contributed by atoms with E-state index in [1.54, 1.807) is 35.2 Å². The van der Waals surface area contributed by atoms with Crippen molar-refractivity contribution >= 4 is 11.6 Å². The van der Waals surface area contributed by atoms with E-state index in [4.69, 9.17) is 0 Å². The topological polar surface area (TPSA) is 53.4 Å². The van der Waals surface area contributed by atoms with Crippen LogP contribution in [0.1, 0.15) is 28.5 Å². The molecule has 28 heavy (non-hydrogen) atoms. The molecule has 2 aromatic carbocycles. The fourth-order valence-corrected chi connectivity index (χ4v) is 2.97. The number of pyridine rings is 1. The number of aliphatic hydroxyl groups excluding tert-OH is 1. The number of amides is 1. The second-order valence-electron chi connectivity index (χ2n) is 6.79. The van der Waals surface area contributed by atoms with E-state index in [9.17, 15) is 14.3 Å². The summed E-state index contributed by atoms with van der Waals surface area (Å²) in [6.07, 6.45) is 0.348. The van der Waals surface area contributed by atoms with Crippen LogP contribution in [0, 0.1) is 19.7 Å². The number of nitrogens with zero attached hydrogens (tertiary/aromatic N) is 2. The first kappa shape index (κ1) is 19.7. The van der Waals surface area contributed by atoms with Gasteiger partial charge in [0, 0.05) is 24.3 Å². The first-order chi connectivity index (χ1) is 13.5. The number of aromatic nitrogens is 1. The first-order valence-electron chi connectivity index (χ1n) is 9.18. The zero-order valence-electron chi connectivity index (χ0n) is 16.0.